The summed E-state index contributed by atoms with van der Waals surface area (Å²) in [7, 11) is -3.40. The van der Waals surface area contributed by atoms with Gasteiger partial charge in [-0.1, -0.05) is 6.08 Å². The number of ether oxygens (including phenoxy) is 1. The van der Waals surface area contributed by atoms with E-state index in [0.717, 1.165) is 30.6 Å². The molecule has 1 fully saturated rings. The Kier molecular flexibility index (Phi) is 7.75. The summed E-state index contributed by atoms with van der Waals surface area (Å²) in [5, 5.41) is 6.19. The van der Waals surface area contributed by atoms with Crippen LogP contribution in [-0.2, 0) is 16.4 Å². The van der Waals surface area contributed by atoms with Gasteiger partial charge in [0, 0.05) is 36.4 Å². The second-order valence-electron chi connectivity index (χ2n) is 7.76. The van der Waals surface area contributed by atoms with Crippen LogP contribution in [-0.4, -0.2) is 43.2 Å². The van der Waals surface area contributed by atoms with E-state index < -0.39 is 57.9 Å². The van der Waals surface area contributed by atoms with E-state index in [0.29, 0.717) is 11.9 Å². The maximum atomic E-state index is 14.3. The third kappa shape index (κ3) is 6.89. The summed E-state index contributed by atoms with van der Waals surface area (Å²) in [6, 6.07) is 0.863. The molecule has 0 bridgehead atoms. The summed E-state index contributed by atoms with van der Waals surface area (Å²) in [4.78, 5) is 21.2. The molecular weight excluding hydrogens is 480 g/mol. The summed E-state index contributed by atoms with van der Waals surface area (Å²) in [6.07, 6.45) is 5.23. The van der Waals surface area contributed by atoms with Crippen LogP contribution in [0.1, 0.15) is 47.4 Å². The van der Waals surface area contributed by atoms with Crippen LogP contribution in [0.15, 0.2) is 29.8 Å². The number of anilines is 1. The fraction of sp³-hybridized carbons (Fsp3) is 0.381. The van der Waals surface area contributed by atoms with Crippen molar-refractivity contribution in [1.82, 2.24) is 15.3 Å². The van der Waals surface area contributed by atoms with Crippen LogP contribution in [0.3, 0.4) is 0 Å². The zero-order chi connectivity index (χ0) is 25.0. The van der Waals surface area contributed by atoms with E-state index in [1.165, 1.54) is 12.3 Å². The Hall–Kier alpha value is -3.22. The second kappa shape index (κ2) is 10.4. The highest BCUT2D eigenvalue weighted by molar-refractivity contribution is 7.93. The van der Waals surface area contributed by atoms with Crippen LogP contribution in [0.25, 0.3) is 0 Å². The number of carbonyl (C=O) groups excluding carboxylic acids is 1. The van der Waals surface area contributed by atoms with E-state index in [4.69, 9.17) is 0 Å². The molecule has 2 N–H and O–H groups in total. The first-order valence-corrected chi connectivity index (χ1v) is 12.1. The zero-order valence-electron chi connectivity index (χ0n) is 18.2. The van der Waals surface area contributed by atoms with Crippen molar-refractivity contribution in [1.29, 1.82) is 0 Å². The molecule has 0 spiro atoms. The van der Waals surface area contributed by atoms with Crippen LogP contribution >= 0.6 is 0 Å². The molecule has 0 unspecified atom stereocenters. The molecule has 8 nitrogen and oxygen atoms in total. The average Bonchev–Trinajstić information content (AvgIpc) is 3.59. The molecule has 0 aliphatic heterocycles. The molecule has 3 rings (SSSR count). The topological polar surface area (TPSA) is 110 Å². The molecule has 1 atom stereocenters. The van der Waals surface area contributed by atoms with Gasteiger partial charge in [0.15, 0.2) is 21.5 Å². The largest absolute Gasteiger partial charge is 0.434 e. The van der Waals surface area contributed by atoms with Gasteiger partial charge in [0.05, 0.1) is 5.56 Å². The lowest BCUT2D eigenvalue weighted by Gasteiger charge is -2.16. The highest BCUT2D eigenvalue weighted by Crippen LogP contribution is 2.38. The Morgan fingerprint density at radius 1 is 1.29 bits per heavy atom. The van der Waals surface area contributed by atoms with Crippen molar-refractivity contribution >= 4 is 21.6 Å². The average molecular weight is 502 g/mol. The minimum atomic E-state index is -3.40. The van der Waals surface area contributed by atoms with Crippen LogP contribution in [0, 0.1) is 11.6 Å². The minimum absolute atomic E-state index is 0.0275. The quantitative estimate of drug-likeness (QED) is 0.479. The van der Waals surface area contributed by atoms with Crippen molar-refractivity contribution in [2.24, 2.45) is 0 Å². The van der Waals surface area contributed by atoms with Gasteiger partial charge in [-0.2, -0.15) is 8.78 Å². The van der Waals surface area contributed by atoms with Crippen molar-refractivity contribution in [3.05, 3.63) is 58.4 Å². The number of benzene rings is 1. The molecule has 34 heavy (non-hydrogen) atoms. The van der Waals surface area contributed by atoms with E-state index in [1.807, 2.05) is 0 Å². The number of hydrogen-bond donors (Lipinski definition) is 2. The molecule has 1 aromatic carbocycles. The molecule has 184 valence electrons. The van der Waals surface area contributed by atoms with Crippen LogP contribution < -0.4 is 15.4 Å². The fourth-order valence-corrected chi connectivity index (χ4v) is 3.47. The van der Waals surface area contributed by atoms with Gasteiger partial charge in [0.2, 0.25) is 0 Å². The lowest BCUT2D eigenvalue weighted by Crippen LogP contribution is -2.32. The van der Waals surface area contributed by atoms with Crippen LogP contribution in [0.4, 0.5) is 23.4 Å². The summed E-state index contributed by atoms with van der Waals surface area (Å²) < 4.78 is 80.3. The van der Waals surface area contributed by atoms with Gasteiger partial charge < -0.3 is 15.4 Å². The number of amides is 1. The molecule has 1 saturated carbocycles. The number of rotatable bonds is 10. The predicted molar refractivity (Wildman–Crippen MR) is 115 cm³/mol. The smallest absolute Gasteiger partial charge is 0.387 e. The maximum Gasteiger partial charge on any atom is 0.387 e. The molecule has 2 aromatic rings. The molecule has 0 radical (unpaired) electrons. The maximum absolute atomic E-state index is 14.3. The van der Waals surface area contributed by atoms with Gasteiger partial charge in [-0.15, -0.1) is 0 Å². The normalized spacial score (nSPS) is 14.9. The molecule has 1 aromatic heterocycles. The minimum Gasteiger partial charge on any atom is -0.434 e. The van der Waals surface area contributed by atoms with Crippen molar-refractivity contribution < 1.29 is 35.5 Å². The number of nitrogens with zero attached hydrogens (tertiary/aromatic N) is 2. The molecule has 1 amide bonds. The van der Waals surface area contributed by atoms with Gasteiger partial charge in [0.25, 0.3) is 5.91 Å². The Morgan fingerprint density at radius 2 is 2.00 bits per heavy atom. The Bertz CT molecular complexity index is 1200. The molecular formula is C21H22F4N4O4S. The number of aromatic nitrogens is 2. The van der Waals surface area contributed by atoms with Gasteiger partial charge >= 0.3 is 6.61 Å². The predicted octanol–water partition coefficient (Wildman–Crippen LogP) is 3.52. The number of halogens is 4. The molecule has 1 aliphatic carbocycles. The number of alkyl halides is 2. The summed E-state index contributed by atoms with van der Waals surface area (Å²) in [6.45, 7) is -2.23. The zero-order valence-corrected chi connectivity index (χ0v) is 19.0. The van der Waals surface area contributed by atoms with Crippen LogP contribution in [0.2, 0.25) is 0 Å². The molecule has 1 aliphatic rings. The SMILES string of the molecule is C[C@@H](/C=C/S(C)(=O)=O)NC(=O)c1cnc(C2CC2)nc1NCc1c(OC(F)F)ccc(F)c1F. The first-order chi connectivity index (χ1) is 15.9. The van der Waals surface area contributed by atoms with Crippen molar-refractivity contribution in [3.8, 4) is 5.75 Å². The van der Waals surface area contributed by atoms with Gasteiger partial charge in [-0.05, 0) is 31.9 Å². The summed E-state index contributed by atoms with van der Waals surface area (Å²) in [5.41, 5.74) is -0.570. The van der Waals surface area contributed by atoms with Gasteiger partial charge in [0.1, 0.15) is 23.0 Å². The molecule has 1 heterocycles. The monoisotopic (exact) mass is 502 g/mol. The summed E-state index contributed by atoms with van der Waals surface area (Å²) in [5.74, 6) is -3.37. The Balaban J connectivity index is 1.87. The number of hydrogen-bond acceptors (Lipinski definition) is 7. The van der Waals surface area contributed by atoms with Gasteiger partial charge in [-0.25, -0.2) is 27.2 Å². The van der Waals surface area contributed by atoms with E-state index >= 15 is 0 Å². The fourth-order valence-electron chi connectivity index (χ4n) is 2.95. The number of sulfone groups is 1. The highest BCUT2D eigenvalue weighted by Gasteiger charge is 2.28. The number of nitrogens with one attached hydrogen (secondary N) is 2. The van der Waals surface area contributed by atoms with Crippen molar-refractivity contribution in [2.75, 3.05) is 11.6 Å². The van der Waals surface area contributed by atoms with Crippen molar-refractivity contribution in [3.63, 3.8) is 0 Å². The third-order valence-electron chi connectivity index (χ3n) is 4.77. The standard InChI is InChI=1S/C21H22F4N4O4S/c1-11(7-8-34(2,31)32)28-20(30)14-10-26-18(12-3-4-12)29-19(14)27-9-13-16(33-21(24)25)6-5-15(22)17(13)23/h5-8,10-12,21H,3-4,9H2,1-2H3,(H,28,30)(H,26,27,29)/b8-7+/t11-/m0/s1. The van der Waals surface area contributed by atoms with E-state index in [-0.39, 0.29) is 17.3 Å². The Morgan fingerprint density at radius 3 is 2.62 bits per heavy atom. The lowest BCUT2D eigenvalue weighted by atomic mass is 10.1. The third-order valence-corrected chi connectivity index (χ3v) is 5.42. The second-order valence-corrected chi connectivity index (χ2v) is 9.69. The molecule has 13 heteroatoms. The summed E-state index contributed by atoms with van der Waals surface area (Å²) >= 11 is 0. The van der Waals surface area contributed by atoms with E-state index in [9.17, 15) is 30.8 Å². The van der Waals surface area contributed by atoms with Gasteiger partial charge in [-0.3, -0.25) is 4.79 Å². The highest BCUT2D eigenvalue weighted by atomic mass is 32.2. The molecule has 0 saturated heterocycles. The van der Waals surface area contributed by atoms with Crippen LogP contribution in [0.5, 0.6) is 5.75 Å². The number of carbonyl (C=O) groups is 1. The Labute approximate surface area is 193 Å². The lowest BCUT2D eigenvalue weighted by molar-refractivity contribution is -0.0506. The first kappa shape index (κ1) is 25.4. The van der Waals surface area contributed by atoms with E-state index in [2.05, 4.69) is 25.3 Å². The van der Waals surface area contributed by atoms with Crippen molar-refractivity contribution in [2.45, 2.75) is 44.9 Å². The van der Waals surface area contributed by atoms with E-state index in [1.54, 1.807) is 6.92 Å². The first-order valence-electron chi connectivity index (χ1n) is 10.2.